The van der Waals surface area contributed by atoms with Gasteiger partial charge in [-0.3, -0.25) is 9.59 Å². The molecule has 6 nitrogen and oxygen atoms in total. The number of likely N-dealkylation sites (tertiary alicyclic amines) is 1. The summed E-state index contributed by atoms with van der Waals surface area (Å²) in [6, 6.07) is 16.9. The molecule has 1 aliphatic heterocycles. The van der Waals surface area contributed by atoms with Crippen LogP contribution in [-0.2, 0) is 16.1 Å². The third-order valence-electron chi connectivity index (χ3n) is 5.31. The molecule has 0 radical (unpaired) electrons. The van der Waals surface area contributed by atoms with Crippen LogP contribution in [0.5, 0.6) is 5.75 Å². The molecule has 32 heavy (non-hydrogen) atoms. The third kappa shape index (κ3) is 4.07. The molecule has 6 heteroatoms. The first-order valence-electron chi connectivity index (χ1n) is 10.2. The van der Waals surface area contributed by atoms with Crippen molar-refractivity contribution in [1.82, 2.24) is 4.90 Å². The van der Waals surface area contributed by atoms with E-state index in [0.717, 1.165) is 5.56 Å². The molecule has 0 bridgehead atoms. The minimum absolute atomic E-state index is 0.0336. The molecule has 1 fully saturated rings. The normalized spacial score (nSPS) is 17.5. The van der Waals surface area contributed by atoms with Crippen LogP contribution in [0.15, 0.2) is 89.6 Å². The molecule has 1 unspecified atom stereocenters. The number of furan rings is 1. The van der Waals surface area contributed by atoms with Gasteiger partial charge in [-0.2, -0.15) is 0 Å². The van der Waals surface area contributed by atoms with Gasteiger partial charge >= 0.3 is 0 Å². The van der Waals surface area contributed by atoms with Gasteiger partial charge in [-0.25, -0.2) is 0 Å². The van der Waals surface area contributed by atoms with Crippen LogP contribution in [0.25, 0.3) is 5.76 Å². The molecule has 1 aliphatic rings. The van der Waals surface area contributed by atoms with E-state index in [2.05, 4.69) is 6.58 Å². The lowest BCUT2D eigenvalue weighted by Crippen LogP contribution is -2.29. The summed E-state index contributed by atoms with van der Waals surface area (Å²) in [5.74, 6) is -0.546. The lowest BCUT2D eigenvalue weighted by Gasteiger charge is -2.25. The van der Waals surface area contributed by atoms with Gasteiger partial charge in [0, 0.05) is 5.56 Å². The smallest absolute Gasteiger partial charge is 0.296 e. The molecule has 1 atom stereocenters. The molecule has 0 saturated carbocycles. The fourth-order valence-electron chi connectivity index (χ4n) is 3.76. The first kappa shape index (κ1) is 21.2. The van der Waals surface area contributed by atoms with E-state index in [-0.39, 0.29) is 17.9 Å². The van der Waals surface area contributed by atoms with Crippen LogP contribution >= 0.6 is 0 Å². The van der Waals surface area contributed by atoms with Crippen molar-refractivity contribution in [2.45, 2.75) is 19.5 Å². The van der Waals surface area contributed by atoms with Gasteiger partial charge in [-0.1, -0.05) is 54.6 Å². The SMILES string of the molecule is C=CCOc1cccc(C2/C(=C(\O)c3ccc(C)cc3)C(=O)C(=O)N2Cc2ccco2)c1. The standard InChI is InChI=1S/C26H23NO5/c1-3-13-31-20-7-4-6-19(15-20)23-22(24(28)18-11-9-17(2)10-12-18)25(29)26(30)27(23)16-21-8-5-14-32-21/h3-12,14-15,23,28H,1,13,16H2,2H3/b24-22+. The van der Waals surface area contributed by atoms with E-state index < -0.39 is 17.7 Å². The largest absolute Gasteiger partial charge is 0.507 e. The summed E-state index contributed by atoms with van der Waals surface area (Å²) in [5.41, 5.74) is 2.16. The number of benzene rings is 2. The number of ether oxygens (including phenoxy) is 1. The van der Waals surface area contributed by atoms with Crippen molar-refractivity contribution in [2.75, 3.05) is 6.61 Å². The molecule has 1 N–H and O–H groups in total. The molecule has 4 rings (SSSR count). The topological polar surface area (TPSA) is 80.0 Å². The summed E-state index contributed by atoms with van der Waals surface area (Å²) in [4.78, 5) is 27.5. The summed E-state index contributed by atoms with van der Waals surface area (Å²) in [7, 11) is 0. The van der Waals surface area contributed by atoms with E-state index in [0.29, 0.717) is 29.2 Å². The maximum absolute atomic E-state index is 13.1. The van der Waals surface area contributed by atoms with Crippen LogP contribution in [0.2, 0.25) is 0 Å². The Kier molecular flexibility index (Phi) is 5.94. The summed E-state index contributed by atoms with van der Waals surface area (Å²) in [5, 5.41) is 11.1. The minimum atomic E-state index is -0.798. The van der Waals surface area contributed by atoms with Gasteiger partial charge in [0.1, 0.15) is 23.9 Å². The number of nitrogens with zero attached hydrogens (tertiary/aromatic N) is 1. The van der Waals surface area contributed by atoms with Crippen molar-refractivity contribution >= 4 is 17.4 Å². The minimum Gasteiger partial charge on any atom is -0.507 e. The number of rotatable bonds is 7. The zero-order valence-corrected chi connectivity index (χ0v) is 17.7. The summed E-state index contributed by atoms with van der Waals surface area (Å²) in [6.07, 6.45) is 3.14. The van der Waals surface area contributed by atoms with E-state index in [9.17, 15) is 14.7 Å². The van der Waals surface area contributed by atoms with Crippen molar-refractivity contribution in [3.63, 3.8) is 0 Å². The molecule has 1 aromatic heterocycles. The number of carbonyl (C=O) groups excluding carboxylic acids is 2. The molecule has 1 saturated heterocycles. The second-order valence-electron chi connectivity index (χ2n) is 7.54. The van der Waals surface area contributed by atoms with Gasteiger partial charge in [0.25, 0.3) is 11.7 Å². The first-order chi connectivity index (χ1) is 15.5. The van der Waals surface area contributed by atoms with E-state index in [1.165, 1.54) is 11.2 Å². The first-order valence-corrected chi connectivity index (χ1v) is 10.2. The van der Waals surface area contributed by atoms with E-state index in [4.69, 9.17) is 9.15 Å². The Morgan fingerprint density at radius 3 is 2.62 bits per heavy atom. The fraction of sp³-hybridized carbons (Fsp3) is 0.154. The number of carbonyl (C=O) groups is 2. The molecule has 3 aromatic rings. The van der Waals surface area contributed by atoms with Crippen LogP contribution in [0.3, 0.4) is 0 Å². The number of hydrogen-bond donors (Lipinski definition) is 1. The van der Waals surface area contributed by atoms with Crippen LogP contribution in [0, 0.1) is 6.92 Å². The van der Waals surface area contributed by atoms with Crippen LogP contribution in [0.4, 0.5) is 0 Å². The molecule has 0 spiro atoms. The number of Topliss-reactive ketones (excluding diaryl/α,β-unsaturated/α-hetero) is 1. The number of aryl methyl sites for hydroxylation is 1. The van der Waals surface area contributed by atoms with Crippen molar-refractivity contribution in [1.29, 1.82) is 0 Å². The number of aliphatic hydroxyl groups excluding tert-OH is 1. The molecular weight excluding hydrogens is 406 g/mol. The highest BCUT2D eigenvalue weighted by molar-refractivity contribution is 6.46. The Morgan fingerprint density at radius 2 is 1.94 bits per heavy atom. The number of ketones is 1. The summed E-state index contributed by atoms with van der Waals surface area (Å²) in [6.45, 7) is 5.99. The maximum Gasteiger partial charge on any atom is 0.296 e. The van der Waals surface area contributed by atoms with E-state index in [1.54, 1.807) is 54.6 Å². The average Bonchev–Trinajstić information content (AvgIpc) is 3.40. The van der Waals surface area contributed by atoms with Gasteiger partial charge < -0.3 is 19.2 Å². The Hall–Kier alpha value is -4.06. The Balaban J connectivity index is 1.84. The monoisotopic (exact) mass is 429 g/mol. The van der Waals surface area contributed by atoms with Crippen molar-refractivity contribution in [2.24, 2.45) is 0 Å². The van der Waals surface area contributed by atoms with Gasteiger partial charge in [0.05, 0.1) is 24.4 Å². The molecule has 162 valence electrons. The quantitative estimate of drug-likeness (QED) is 0.253. The molecule has 2 aromatic carbocycles. The number of hydrogen-bond acceptors (Lipinski definition) is 5. The lowest BCUT2D eigenvalue weighted by atomic mass is 9.95. The van der Waals surface area contributed by atoms with E-state index in [1.807, 2.05) is 19.1 Å². The Labute approximate surface area is 186 Å². The maximum atomic E-state index is 13.1. The Bertz CT molecular complexity index is 1180. The van der Waals surface area contributed by atoms with Crippen molar-refractivity contribution in [3.8, 4) is 5.75 Å². The average molecular weight is 429 g/mol. The highest BCUT2D eigenvalue weighted by atomic mass is 16.5. The van der Waals surface area contributed by atoms with Gasteiger partial charge in [-0.15, -0.1) is 0 Å². The van der Waals surface area contributed by atoms with Gasteiger partial charge in [0.2, 0.25) is 0 Å². The summed E-state index contributed by atoms with van der Waals surface area (Å²) >= 11 is 0. The van der Waals surface area contributed by atoms with Crippen LogP contribution in [0.1, 0.15) is 28.5 Å². The molecule has 2 heterocycles. The number of amides is 1. The highest BCUT2D eigenvalue weighted by Crippen LogP contribution is 2.41. The number of aliphatic hydroxyl groups is 1. The van der Waals surface area contributed by atoms with Gasteiger partial charge in [0.15, 0.2) is 0 Å². The molecule has 0 aliphatic carbocycles. The van der Waals surface area contributed by atoms with Gasteiger partial charge in [-0.05, 0) is 36.8 Å². The second kappa shape index (κ2) is 8.98. The summed E-state index contributed by atoms with van der Waals surface area (Å²) < 4.78 is 11.1. The van der Waals surface area contributed by atoms with E-state index >= 15 is 0 Å². The highest BCUT2D eigenvalue weighted by Gasteiger charge is 2.46. The van der Waals surface area contributed by atoms with Crippen molar-refractivity contribution in [3.05, 3.63) is 108 Å². The predicted molar refractivity (Wildman–Crippen MR) is 120 cm³/mol. The van der Waals surface area contributed by atoms with Crippen molar-refractivity contribution < 1.29 is 23.8 Å². The third-order valence-corrected chi connectivity index (χ3v) is 5.31. The van der Waals surface area contributed by atoms with Crippen LogP contribution in [-0.4, -0.2) is 28.3 Å². The van der Waals surface area contributed by atoms with Crippen LogP contribution < -0.4 is 4.74 Å². The second-order valence-corrected chi connectivity index (χ2v) is 7.54. The fourth-order valence-corrected chi connectivity index (χ4v) is 3.76. The molecular formula is C26H23NO5. The zero-order valence-electron chi connectivity index (χ0n) is 17.7. The predicted octanol–water partition coefficient (Wildman–Crippen LogP) is 4.77. The zero-order chi connectivity index (χ0) is 22.7. The molecule has 1 amide bonds. The lowest BCUT2D eigenvalue weighted by molar-refractivity contribution is -0.140. The Morgan fingerprint density at radius 1 is 1.16 bits per heavy atom.